The number of ether oxygens (including phenoxy) is 1. The molecule has 0 radical (unpaired) electrons. The molecule has 1 heterocycles. The molecule has 1 N–H and O–H groups in total. The summed E-state index contributed by atoms with van der Waals surface area (Å²) in [5.74, 6) is -0.114. The van der Waals surface area contributed by atoms with Gasteiger partial charge in [0.05, 0.1) is 17.5 Å². The maximum atomic E-state index is 12.9. The summed E-state index contributed by atoms with van der Waals surface area (Å²) >= 11 is 1.22. The number of rotatable bonds is 6. The van der Waals surface area contributed by atoms with Gasteiger partial charge in [0.15, 0.2) is 11.0 Å². The molecule has 7 heteroatoms. The van der Waals surface area contributed by atoms with E-state index in [-0.39, 0.29) is 18.1 Å². The third-order valence-corrected chi connectivity index (χ3v) is 4.77. The molecular weight excluding hydrogens is 355 g/mol. The van der Waals surface area contributed by atoms with Crippen molar-refractivity contribution in [2.45, 2.75) is 18.6 Å². The van der Waals surface area contributed by atoms with Crippen LogP contribution in [0.3, 0.4) is 0 Å². The van der Waals surface area contributed by atoms with Crippen molar-refractivity contribution in [3.8, 4) is 5.75 Å². The lowest BCUT2D eigenvalue weighted by Crippen LogP contribution is -2.26. The fraction of sp³-hybridized carbons (Fsp3) is 0.211. The molecule has 1 saturated heterocycles. The maximum absolute atomic E-state index is 12.9. The molecule has 2 aromatic carbocycles. The van der Waals surface area contributed by atoms with Crippen LogP contribution in [0.5, 0.6) is 5.75 Å². The van der Waals surface area contributed by atoms with Gasteiger partial charge in [-0.1, -0.05) is 11.8 Å². The summed E-state index contributed by atoms with van der Waals surface area (Å²) in [6, 6.07) is 12.5. The number of hydrogen-bond acceptors (Lipinski definition) is 5. The second kappa shape index (κ2) is 8.14. The van der Waals surface area contributed by atoms with Crippen LogP contribution in [0.4, 0.5) is 10.1 Å². The van der Waals surface area contributed by atoms with E-state index in [0.29, 0.717) is 23.0 Å². The number of nitrogens with zero attached hydrogens (tertiary/aromatic N) is 1. The molecule has 26 heavy (non-hydrogen) atoms. The largest absolute Gasteiger partial charge is 0.494 e. The van der Waals surface area contributed by atoms with E-state index in [2.05, 4.69) is 10.3 Å². The lowest BCUT2D eigenvalue weighted by atomic mass is 10.1. The van der Waals surface area contributed by atoms with Crippen LogP contribution in [0.15, 0.2) is 53.5 Å². The average molecular weight is 372 g/mol. The van der Waals surface area contributed by atoms with Gasteiger partial charge in [-0.3, -0.25) is 9.59 Å². The number of nitrogens with one attached hydrogen (secondary N) is 1. The first-order valence-electron chi connectivity index (χ1n) is 8.13. The molecular formula is C19H17FN2O3S. The first-order chi connectivity index (χ1) is 12.5. The van der Waals surface area contributed by atoms with Gasteiger partial charge in [0, 0.05) is 12.0 Å². The molecule has 3 rings (SSSR count). The second-order valence-electron chi connectivity index (χ2n) is 5.57. The van der Waals surface area contributed by atoms with Gasteiger partial charge in [0.2, 0.25) is 5.91 Å². The predicted octanol–water partition coefficient (Wildman–Crippen LogP) is 3.72. The van der Waals surface area contributed by atoms with Crippen LogP contribution in [0, 0.1) is 5.82 Å². The molecule has 0 aliphatic carbocycles. The molecule has 0 spiro atoms. The van der Waals surface area contributed by atoms with Crippen LogP contribution in [-0.4, -0.2) is 28.7 Å². The van der Waals surface area contributed by atoms with Gasteiger partial charge in [-0.15, -0.1) is 0 Å². The van der Waals surface area contributed by atoms with E-state index in [0.717, 1.165) is 5.75 Å². The smallest absolute Gasteiger partial charge is 0.240 e. The van der Waals surface area contributed by atoms with Crippen molar-refractivity contribution in [2.24, 2.45) is 4.99 Å². The average Bonchev–Trinajstić information content (AvgIpc) is 2.96. The Hall–Kier alpha value is -2.67. The molecule has 1 aliphatic rings. The fourth-order valence-electron chi connectivity index (χ4n) is 2.42. The van der Waals surface area contributed by atoms with E-state index in [9.17, 15) is 14.0 Å². The van der Waals surface area contributed by atoms with Gasteiger partial charge in [0.1, 0.15) is 11.6 Å². The van der Waals surface area contributed by atoms with Crippen molar-refractivity contribution in [1.29, 1.82) is 0 Å². The molecule has 0 bridgehead atoms. The van der Waals surface area contributed by atoms with Crippen molar-refractivity contribution >= 4 is 34.3 Å². The molecule has 1 atom stereocenters. The number of amidine groups is 1. The Morgan fingerprint density at radius 1 is 1.19 bits per heavy atom. The van der Waals surface area contributed by atoms with Gasteiger partial charge < -0.3 is 10.1 Å². The summed E-state index contributed by atoms with van der Waals surface area (Å²) in [4.78, 5) is 28.7. The Bertz CT molecular complexity index is 835. The molecule has 0 aromatic heterocycles. The standard InChI is InChI=1S/C19H17FN2O3S/c1-2-25-15-9-7-14(8-10-15)21-19-22-18(24)17(26-19)11-16(23)12-3-5-13(20)6-4-12/h3-10,17H,2,11H2,1H3,(H,21,22,24)/t17-/m1/s1. The van der Waals surface area contributed by atoms with E-state index in [1.54, 1.807) is 24.3 Å². The number of benzene rings is 2. The van der Waals surface area contributed by atoms with Gasteiger partial charge in [-0.05, 0) is 55.5 Å². The minimum Gasteiger partial charge on any atom is -0.494 e. The van der Waals surface area contributed by atoms with E-state index in [1.165, 1.54) is 36.0 Å². The maximum Gasteiger partial charge on any atom is 0.240 e. The fourth-order valence-corrected chi connectivity index (χ4v) is 3.40. The number of halogens is 1. The monoisotopic (exact) mass is 372 g/mol. The van der Waals surface area contributed by atoms with Crippen LogP contribution in [-0.2, 0) is 4.79 Å². The second-order valence-corrected chi connectivity index (χ2v) is 6.77. The molecule has 1 amide bonds. The minimum absolute atomic E-state index is 0.0322. The van der Waals surface area contributed by atoms with E-state index in [4.69, 9.17) is 4.74 Å². The zero-order chi connectivity index (χ0) is 18.5. The van der Waals surface area contributed by atoms with Crippen molar-refractivity contribution in [2.75, 3.05) is 6.61 Å². The summed E-state index contributed by atoms with van der Waals surface area (Å²) in [5, 5.41) is 2.60. The Balaban J connectivity index is 1.64. The number of amides is 1. The van der Waals surface area contributed by atoms with Crippen LogP contribution in [0.2, 0.25) is 0 Å². The Labute approximate surface area is 154 Å². The number of carbonyl (C=O) groups is 2. The van der Waals surface area contributed by atoms with Crippen LogP contribution in [0.25, 0.3) is 0 Å². The van der Waals surface area contributed by atoms with E-state index < -0.39 is 11.1 Å². The number of carbonyl (C=O) groups excluding carboxylic acids is 2. The molecule has 0 saturated carbocycles. The number of hydrogen-bond donors (Lipinski definition) is 1. The molecule has 1 fully saturated rings. The first kappa shape index (κ1) is 18.1. The summed E-state index contributed by atoms with van der Waals surface area (Å²) < 4.78 is 18.3. The third-order valence-electron chi connectivity index (χ3n) is 3.69. The van der Waals surface area contributed by atoms with Crippen molar-refractivity contribution in [3.63, 3.8) is 0 Å². The van der Waals surface area contributed by atoms with Gasteiger partial charge >= 0.3 is 0 Å². The first-order valence-corrected chi connectivity index (χ1v) is 9.01. The molecule has 2 aromatic rings. The van der Waals surface area contributed by atoms with E-state index >= 15 is 0 Å². The quantitative estimate of drug-likeness (QED) is 0.785. The number of ketones is 1. The Kier molecular flexibility index (Phi) is 5.68. The van der Waals surface area contributed by atoms with E-state index in [1.807, 2.05) is 6.92 Å². The van der Waals surface area contributed by atoms with Gasteiger partial charge in [0.25, 0.3) is 0 Å². The lowest BCUT2D eigenvalue weighted by Gasteiger charge is -2.04. The van der Waals surface area contributed by atoms with Crippen LogP contribution < -0.4 is 10.1 Å². The Morgan fingerprint density at radius 2 is 1.88 bits per heavy atom. The zero-order valence-corrected chi connectivity index (χ0v) is 14.9. The highest BCUT2D eigenvalue weighted by atomic mass is 32.2. The topological polar surface area (TPSA) is 67.8 Å². The lowest BCUT2D eigenvalue weighted by molar-refractivity contribution is -0.118. The number of Topliss-reactive ketones (excluding diaryl/α,β-unsaturated/α-hetero) is 1. The summed E-state index contributed by atoms with van der Waals surface area (Å²) in [6.07, 6.45) is 0.0322. The molecule has 134 valence electrons. The highest BCUT2D eigenvalue weighted by Gasteiger charge is 2.32. The zero-order valence-electron chi connectivity index (χ0n) is 14.1. The van der Waals surface area contributed by atoms with Crippen molar-refractivity contribution < 1.29 is 18.7 Å². The highest BCUT2D eigenvalue weighted by Crippen LogP contribution is 2.27. The van der Waals surface area contributed by atoms with Gasteiger partial charge in [-0.2, -0.15) is 0 Å². The summed E-state index contributed by atoms with van der Waals surface area (Å²) in [6.45, 7) is 2.50. The van der Waals surface area contributed by atoms with Crippen molar-refractivity contribution in [1.82, 2.24) is 5.32 Å². The SMILES string of the molecule is CCOc1ccc(N=C2NC(=O)[C@@H](CC(=O)c3ccc(F)cc3)S2)cc1. The van der Waals surface area contributed by atoms with Crippen molar-refractivity contribution in [3.05, 3.63) is 59.9 Å². The van der Waals surface area contributed by atoms with Crippen LogP contribution in [0.1, 0.15) is 23.7 Å². The highest BCUT2D eigenvalue weighted by molar-refractivity contribution is 8.15. The Morgan fingerprint density at radius 3 is 2.54 bits per heavy atom. The normalized spacial score (nSPS) is 18.0. The predicted molar refractivity (Wildman–Crippen MR) is 99.6 cm³/mol. The van der Waals surface area contributed by atoms with Gasteiger partial charge in [-0.25, -0.2) is 9.38 Å². The molecule has 0 unspecified atom stereocenters. The molecule has 1 aliphatic heterocycles. The number of thioether (sulfide) groups is 1. The summed E-state index contributed by atoms with van der Waals surface area (Å²) in [5.41, 5.74) is 1.07. The number of aliphatic imine (C=N–C) groups is 1. The minimum atomic E-state index is -0.547. The summed E-state index contributed by atoms with van der Waals surface area (Å²) in [7, 11) is 0. The third kappa shape index (κ3) is 4.49. The van der Waals surface area contributed by atoms with Crippen LogP contribution >= 0.6 is 11.8 Å². The molecule has 5 nitrogen and oxygen atoms in total.